The van der Waals surface area contributed by atoms with Crippen molar-refractivity contribution in [2.75, 3.05) is 39.3 Å². The lowest BCUT2D eigenvalue weighted by atomic mass is 10.2. The molecule has 0 aliphatic carbocycles. The maximum Gasteiger partial charge on any atom is 0.248 e. The highest BCUT2D eigenvalue weighted by Crippen LogP contribution is 2.21. The Labute approximate surface area is 145 Å². The van der Waals surface area contributed by atoms with Crippen molar-refractivity contribution in [3.8, 4) is 0 Å². The minimum absolute atomic E-state index is 0.0211. The zero-order valence-electron chi connectivity index (χ0n) is 13.9. The summed E-state index contributed by atoms with van der Waals surface area (Å²) >= 11 is 1.60. The van der Waals surface area contributed by atoms with Crippen molar-refractivity contribution >= 4 is 27.5 Å². The fraction of sp³-hybridized carbons (Fsp3) is 0.529. The van der Waals surface area contributed by atoms with Gasteiger partial charge in [-0.25, -0.2) is 4.98 Å². The van der Waals surface area contributed by atoms with E-state index in [4.69, 9.17) is 4.74 Å². The molecule has 1 amide bonds. The van der Waals surface area contributed by atoms with E-state index in [1.807, 2.05) is 29.2 Å². The third-order valence-corrected chi connectivity index (χ3v) is 5.05. The van der Waals surface area contributed by atoms with Crippen molar-refractivity contribution in [3.05, 3.63) is 29.3 Å². The summed E-state index contributed by atoms with van der Waals surface area (Å²) in [5.41, 5.74) is 0.974. The molecule has 3 rings (SSSR count). The second kappa shape index (κ2) is 8.02. The number of ether oxygens (including phenoxy) is 1. The number of carbonyl (C=O) groups excluding carboxylic acids is 1. The first kappa shape index (κ1) is 17.3. The third-order valence-electron chi connectivity index (χ3n) is 4.04. The molecule has 0 saturated carbocycles. The van der Waals surface area contributed by atoms with Crippen LogP contribution in [0.15, 0.2) is 24.3 Å². The van der Waals surface area contributed by atoms with E-state index in [9.17, 15) is 9.90 Å². The number of aliphatic hydroxyl groups is 1. The van der Waals surface area contributed by atoms with Gasteiger partial charge in [-0.05, 0) is 19.1 Å². The van der Waals surface area contributed by atoms with Crippen LogP contribution < -0.4 is 0 Å². The number of benzene rings is 1. The van der Waals surface area contributed by atoms with Gasteiger partial charge in [0.2, 0.25) is 5.91 Å². The number of thiazole rings is 1. The van der Waals surface area contributed by atoms with Crippen molar-refractivity contribution in [3.63, 3.8) is 0 Å². The molecule has 1 saturated heterocycles. The van der Waals surface area contributed by atoms with Crippen LogP contribution in [0.4, 0.5) is 0 Å². The highest BCUT2D eigenvalue weighted by molar-refractivity contribution is 7.18. The van der Waals surface area contributed by atoms with Crippen molar-refractivity contribution in [2.24, 2.45) is 0 Å². The van der Waals surface area contributed by atoms with E-state index in [0.29, 0.717) is 26.2 Å². The summed E-state index contributed by atoms with van der Waals surface area (Å²) in [7, 11) is 0. The molecule has 2 aromatic rings. The first-order chi connectivity index (χ1) is 11.6. The zero-order chi connectivity index (χ0) is 16.9. The summed E-state index contributed by atoms with van der Waals surface area (Å²) in [6, 6.07) is 7.97. The Hall–Kier alpha value is -1.54. The Morgan fingerprint density at radius 1 is 1.33 bits per heavy atom. The van der Waals surface area contributed by atoms with Crippen LogP contribution >= 0.6 is 11.3 Å². The monoisotopic (exact) mass is 349 g/mol. The second-order valence-corrected chi connectivity index (χ2v) is 7.21. The number of hydrogen-bond donors (Lipinski definition) is 1. The molecule has 130 valence electrons. The van der Waals surface area contributed by atoms with E-state index in [1.165, 1.54) is 0 Å². The minimum atomic E-state index is -0.329. The Kier molecular flexibility index (Phi) is 5.78. The quantitative estimate of drug-likeness (QED) is 0.852. The summed E-state index contributed by atoms with van der Waals surface area (Å²) in [4.78, 5) is 20.7. The van der Waals surface area contributed by atoms with E-state index < -0.39 is 0 Å². The second-order valence-electron chi connectivity index (χ2n) is 6.10. The number of nitrogens with zero attached hydrogens (tertiary/aromatic N) is 3. The molecule has 1 aliphatic heterocycles. The van der Waals surface area contributed by atoms with Gasteiger partial charge in [-0.1, -0.05) is 12.1 Å². The van der Waals surface area contributed by atoms with Gasteiger partial charge in [0.05, 0.1) is 22.9 Å². The lowest BCUT2D eigenvalue weighted by Gasteiger charge is -2.35. The van der Waals surface area contributed by atoms with Crippen LogP contribution in [0.25, 0.3) is 10.2 Å². The smallest absolute Gasteiger partial charge is 0.248 e. The van der Waals surface area contributed by atoms with Gasteiger partial charge in [0.15, 0.2) is 0 Å². The van der Waals surface area contributed by atoms with E-state index in [-0.39, 0.29) is 18.6 Å². The fourth-order valence-electron chi connectivity index (χ4n) is 2.85. The SMILES string of the molecule is CC(O)CN1CCN(C(=O)COCc2nc3ccccc3s2)CC1. The number of para-hydroxylation sites is 1. The van der Waals surface area contributed by atoms with Gasteiger partial charge in [-0.15, -0.1) is 11.3 Å². The molecule has 1 atom stereocenters. The number of hydrogen-bond acceptors (Lipinski definition) is 6. The van der Waals surface area contributed by atoms with E-state index in [0.717, 1.165) is 28.3 Å². The maximum absolute atomic E-state index is 12.2. The lowest BCUT2D eigenvalue weighted by molar-refractivity contribution is -0.138. The molecular formula is C17H23N3O3S. The molecule has 1 fully saturated rings. The van der Waals surface area contributed by atoms with Crippen LogP contribution in [0.1, 0.15) is 11.9 Å². The predicted octanol–water partition coefficient (Wildman–Crippen LogP) is 1.34. The largest absolute Gasteiger partial charge is 0.392 e. The summed E-state index contributed by atoms with van der Waals surface area (Å²) in [6.45, 7) is 5.89. The van der Waals surface area contributed by atoms with E-state index in [2.05, 4.69) is 9.88 Å². The maximum atomic E-state index is 12.2. The third kappa shape index (κ3) is 4.51. The number of aliphatic hydroxyl groups excluding tert-OH is 1. The van der Waals surface area contributed by atoms with Crippen molar-refractivity contribution in [1.29, 1.82) is 0 Å². The van der Waals surface area contributed by atoms with Gasteiger partial charge >= 0.3 is 0 Å². The van der Waals surface area contributed by atoms with Gasteiger partial charge in [0.25, 0.3) is 0 Å². The average Bonchev–Trinajstić information content (AvgIpc) is 2.97. The number of fused-ring (bicyclic) bond motifs is 1. The van der Waals surface area contributed by atoms with Gasteiger partial charge in [-0.3, -0.25) is 9.69 Å². The van der Waals surface area contributed by atoms with Crippen molar-refractivity contribution in [2.45, 2.75) is 19.6 Å². The van der Waals surface area contributed by atoms with Crippen LogP contribution in [0.5, 0.6) is 0 Å². The number of aromatic nitrogens is 1. The lowest BCUT2D eigenvalue weighted by Crippen LogP contribution is -2.51. The van der Waals surface area contributed by atoms with Crippen molar-refractivity contribution < 1.29 is 14.6 Å². The topological polar surface area (TPSA) is 65.9 Å². The highest BCUT2D eigenvalue weighted by Gasteiger charge is 2.21. The molecule has 2 heterocycles. The van der Waals surface area contributed by atoms with E-state index >= 15 is 0 Å². The Morgan fingerprint density at radius 3 is 2.79 bits per heavy atom. The van der Waals surface area contributed by atoms with Crippen LogP contribution in [0.2, 0.25) is 0 Å². The van der Waals surface area contributed by atoms with Gasteiger partial charge in [0.1, 0.15) is 11.6 Å². The number of carbonyl (C=O) groups is 1. The molecule has 1 unspecified atom stereocenters. The summed E-state index contributed by atoms with van der Waals surface area (Å²) in [5, 5.41) is 10.3. The standard InChI is InChI=1S/C17H23N3O3S/c1-13(21)10-19-6-8-20(9-7-19)17(22)12-23-11-16-18-14-4-2-3-5-15(14)24-16/h2-5,13,21H,6-12H2,1H3. The molecule has 7 heteroatoms. The minimum Gasteiger partial charge on any atom is -0.392 e. The molecule has 0 radical (unpaired) electrons. The van der Waals surface area contributed by atoms with Crippen LogP contribution in [-0.2, 0) is 16.1 Å². The Balaban J connectivity index is 1.41. The number of piperazine rings is 1. The number of β-amino-alcohol motifs (C(OH)–C–C–N with tert-alkyl or cyclic N) is 1. The zero-order valence-corrected chi connectivity index (χ0v) is 14.7. The van der Waals surface area contributed by atoms with Crippen LogP contribution in [0.3, 0.4) is 0 Å². The highest BCUT2D eigenvalue weighted by atomic mass is 32.1. The summed E-state index contributed by atoms with van der Waals surface area (Å²) < 4.78 is 6.69. The van der Waals surface area contributed by atoms with E-state index in [1.54, 1.807) is 18.3 Å². The summed E-state index contributed by atoms with van der Waals surface area (Å²) in [5.74, 6) is 0.0211. The molecule has 1 N–H and O–H groups in total. The van der Waals surface area contributed by atoms with Gasteiger partial charge in [0, 0.05) is 32.7 Å². The molecule has 0 spiro atoms. The molecule has 0 bridgehead atoms. The summed E-state index contributed by atoms with van der Waals surface area (Å²) in [6.07, 6.45) is -0.329. The Bertz CT molecular complexity index is 648. The predicted molar refractivity (Wildman–Crippen MR) is 94.0 cm³/mol. The molecular weight excluding hydrogens is 326 g/mol. The molecule has 6 nitrogen and oxygen atoms in total. The normalized spacial score (nSPS) is 17.3. The Morgan fingerprint density at radius 2 is 2.08 bits per heavy atom. The first-order valence-corrected chi connectivity index (χ1v) is 9.04. The first-order valence-electron chi connectivity index (χ1n) is 8.22. The molecule has 1 aromatic carbocycles. The molecule has 1 aliphatic rings. The van der Waals surface area contributed by atoms with Crippen molar-refractivity contribution in [1.82, 2.24) is 14.8 Å². The number of rotatable bonds is 6. The van der Waals surface area contributed by atoms with Crippen LogP contribution in [-0.4, -0.2) is 71.2 Å². The molecule has 1 aromatic heterocycles. The van der Waals surface area contributed by atoms with Gasteiger partial charge < -0.3 is 14.7 Å². The van der Waals surface area contributed by atoms with Gasteiger partial charge in [-0.2, -0.15) is 0 Å². The van der Waals surface area contributed by atoms with Crippen LogP contribution in [0, 0.1) is 0 Å². The average molecular weight is 349 g/mol. The molecule has 24 heavy (non-hydrogen) atoms. The number of amides is 1. The fourth-order valence-corrected chi connectivity index (χ4v) is 3.76.